The Hall–Kier alpha value is -1.61. The number of nitrogens with zero attached hydrogens (tertiary/aromatic N) is 1. The largest absolute Gasteiger partial charge is 0.387 e. The van der Waals surface area contributed by atoms with Gasteiger partial charge in [-0.2, -0.15) is 0 Å². The summed E-state index contributed by atoms with van der Waals surface area (Å²) in [6.07, 6.45) is 6.07. The second-order valence-electron chi connectivity index (χ2n) is 5.21. The molecule has 1 heterocycles. The van der Waals surface area contributed by atoms with Gasteiger partial charge in [0.1, 0.15) is 0 Å². The van der Waals surface area contributed by atoms with Crippen LogP contribution in [0.15, 0.2) is 42.5 Å². The first kappa shape index (κ1) is 11.5. The predicted molar refractivity (Wildman–Crippen MR) is 68.7 cm³/mol. The first-order valence-corrected chi connectivity index (χ1v) is 6.44. The normalized spacial score (nSPS) is 25.3. The van der Waals surface area contributed by atoms with Crippen LogP contribution in [0.5, 0.6) is 0 Å². The summed E-state index contributed by atoms with van der Waals surface area (Å²) < 4.78 is 0. The summed E-state index contributed by atoms with van der Waals surface area (Å²) in [5.41, 5.74) is 0.403. The minimum absolute atomic E-state index is 0.00387. The van der Waals surface area contributed by atoms with E-state index in [1.807, 2.05) is 36.4 Å². The summed E-state index contributed by atoms with van der Waals surface area (Å²) in [5.74, 6) is 0.00387. The Kier molecular flexibility index (Phi) is 2.71. The van der Waals surface area contributed by atoms with E-state index < -0.39 is 5.60 Å². The van der Waals surface area contributed by atoms with Crippen LogP contribution >= 0.6 is 0 Å². The molecule has 1 N–H and O–H groups in total. The van der Waals surface area contributed by atoms with E-state index in [2.05, 4.69) is 0 Å². The molecule has 94 valence electrons. The van der Waals surface area contributed by atoms with Crippen LogP contribution in [-0.4, -0.2) is 27.6 Å². The second kappa shape index (κ2) is 4.25. The molecule has 1 saturated carbocycles. The summed E-state index contributed by atoms with van der Waals surface area (Å²) in [6, 6.07) is 9.76. The Morgan fingerprint density at radius 2 is 2.00 bits per heavy atom. The SMILES string of the molecule is O=C1C=C[C@@H](C2(O)CCC2)N1Cc1ccccc1. The molecule has 1 aliphatic heterocycles. The van der Waals surface area contributed by atoms with E-state index in [1.165, 1.54) is 0 Å². The predicted octanol–water partition coefficient (Wildman–Crippen LogP) is 1.87. The Balaban J connectivity index is 1.79. The molecule has 1 amide bonds. The van der Waals surface area contributed by atoms with Crippen LogP contribution in [0.25, 0.3) is 0 Å². The van der Waals surface area contributed by atoms with Crippen LogP contribution in [-0.2, 0) is 11.3 Å². The average Bonchev–Trinajstić information content (AvgIpc) is 2.70. The van der Waals surface area contributed by atoms with Crippen LogP contribution in [0.2, 0.25) is 0 Å². The van der Waals surface area contributed by atoms with Gasteiger partial charge in [0.2, 0.25) is 5.91 Å². The lowest BCUT2D eigenvalue weighted by atomic mass is 9.74. The second-order valence-corrected chi connectivity index (χ2v) is 5.21. The molecule has 0 radical (unpaired) electrons. The molecule has 0 saturated heterocycles. The maximum absolute atomic E-state index is 11.9. The van der Waals surface area contributed by atoms with E-state index in [0.29, 0.717) is 6.54 Å². The standard InChI is InChI=1S/C15H17NO2/c17-14-8-7-13(15(18)9-4-10-15)16(14)11-12-5-2-1-3-6-12/h1-3,5-8,13,18H,4,9-11H2/t13-/m0/s1. The zero-order chi connectivity index (χ0) is 12.6. The van der Waals surface area contributed by atoms with Gasteiger partial charge in [-0.1, -0.05) is 36.4 Å². The lowest BCUT2D eigenvalue weighted by Gasteiger charge is -2.44. The third kappa shape index (κ3) is 1.85. The monoisotopic (exact) mass is 243 g/mol. The number of carbonyl (C=O) groups excluding carboxylic acids is 1. The molecule has 0 unspecified atom stereocenters. The van der Waals surface area contributed by atoms with Gasteiger partial charge in [-0.15, -0.1) is 0 Å². The fraction of sp³-hybridized carbons (Fsp3) is 0.400. The van der Waals surface area contributed by atoms with Crippen molar-refractivity contribution in [2.24, 2.45) is 0 Å². The topological polar surface area (TPSA) is 40.5 Å². The van der Waals surface area contributed by atoms with Crippen molar-refractivity contribution in [3.8, 4) is 0 Å². The van der Waals surface area contributed by atoms with Crippen LogP contribution < -0.4 is 0 Å². The number of rotatable bonds is 3. The summed E-state index contributed by atoms with van der Waals surface area (Å²) in [4.78, 5) is 13.7. The van der Waals surface area contributed by atoms with E-state index in [1.54, 1.807) is 11.0 Å². The molecule has 0 spiro atoms. The van der Waals surface area contributed by atoms with Crippen molar-refractivity contribution >= 4 is 5.91 Å². The molecule has 1 aromatic rings. The van der Waals surface area contributed by atoms with Crippen LogP contribution in [0.4, 0.5) is 0 Å². The van der Waals surface area contributed by atoms with Gasteiger partial charge in [-0.25, -0.2) is 0 Å². The molecule has 1 aliphatic carbocycles. The maximum atomic E-state index is 11.9. The number of benzene rings is 1. The van der Waals surface area contributed by atoms with Crippen molar-refractivity contribution < 1.29 is 9.90 Å². The van der Waals surface area contributed by atoms with Crippen LogP contribution in [0.3, 0.4) is 0 Å². The van der Waals surface area contributed by atoms with Gasteiger partial charge in [0.15, 0.2) is 0 Å². The smallest absolute Gasteiger partial charge is 0.247 e. The van der Waals surface area contributed by atoms with E-state index in [0.717, 1.165) is 24.8 Å². The van der Waals surface area contributed by atoms with Gasteiger partial charge in [0.25, 0.3) is 0 Å². The van der Waals surface area contributed by atoms with Gasteiger partial charge in [-0.05, 0) is 24.8 Å². The zero-order valence-electron chi connectivity index (χ0n) is 10.2. The molecule has 1 fully saturated rings. The summed E-state index contributed by atoms with van der Waals surface area (Å²) in [5, 5.41) is 10.4. The highest BCUT2D eigenvalue weighted by Crippen LogP contribution is 2.39. The molecule has 2 aliphatic rings. The molecular formula is C15H17NO2. The molecule has 3 rings (SSSR count). The van der Waals surface area contributed by atoms with Crippen molar-refractivity contribution in [3.05, 3.63) is 48.0 Å². The molecule has 1 atom stereocenters. The van der Waals surface area contributed by atoms with Crippen molar-refractivity contribution in [1.82, 2.24) is 4.90 Å². The highest BCUT2D eigenvalue weighted by atomic mass is 16.3. The first-order chi connectivity index (χ1) is 8.69. The maximum Gasteiger partial charge on any atom is 0.247 e. The van der Waals surface area contributed by atoms with Crippen molar-refractivity contribution in [3.63, 3.8) is 0 Å². The highest BCUT2D eigenvalue weighted by Gasteiger charge is 2.46. The molecule has 0 bridgehead atoms. The van der Waals surface area contributed by atoms with Crippen LogP contribution in [0, 0.1) is 0 Å². The highest BCUT2D eigenvalue weighted by molar-refractivity contribution is 5.90. The quantitative estimate of drug-likeness (QED) is 0.880. The third-order valence-corrected chi connectivity index (χ3v) is 4.01. The van der Waals surface area contributed by atoms with E-state index in [4.69, 9.17) is 0 Å². The average molecular weight is 243 g/mol. The fourth-order valence-electron chi connectivity index (χ4n) is 2.77. The first-order valence-electron chi connectivity index (χ1n) is 6.44. The lowest BCUT2D eigenvalue weighted by molar-refractivity contribution is -0.137. The number of carbonyl (C=O) groups is 1. The Morgan fingerprint density at radius 1 is 1.28 bits per heavy atom. The van der Waals surface area contributed by atoms with E-state index >= 15 is 0 Å². The molecular weight excluding hydrogens is 226 g/mol. The van der Waals surface area contributed by atoms with Gasteiger partial charge in [-0.3, -0.25) is 4.79 Å². The van der Waals surface area contributed by atoms with Gasteiger partial charge in [0, 0.05) is 12.6 Å². The van der Waals surface area contributed by atoms with E-state index in [-0.39, 0.29) is 11.9 Å². The Bertz CT molecular complexity index is 477. The van der Waals surface area contributed by atoms with Crippen LogP contribution in [0.1, 0.15) is 24.8 Å². The summed E-state index contributed by atoms with van der Waals surface area (Å²) in [7, 11) is 0. The van der Waals surface area contributed by atoms with Gasteiger partial charge < -0.3 is 10.0 Å². The van der Waals surface area contributed by atoms with Crippen molar-refractivity contribution in [1.29, 1.82) is 0 Å². The number of amides is 1. The van der Waals surface area contributed by atoms with E-state index in [9.17, 15) is 9.90 Å². The minimum atomic E-state index is -0.697. The Labute approximate surface area is 107 Å². The minimum Gasteiger partial charge on any atom is -0.387 e. The number of hydrogen-bond acceptors (Lipinski definition) is 2. The number of aliphatic hydroxyl groups is 1. The summed E-state index contributed by atoms with van der Waals surface area (Å²) in [6.45, 7) is 0.569. The summed E-state index contributed by atoms with van der Waals surface area (Å²) >= 11 is 0. The lowest BCUT2D eigenvalue weighted by Crippen LogP contribution is -2.54. The van der Waals surface area contributed by atoms with Crippen molar-refractivity contribution in [2.45, 2.75) is 37.5 Å². The molecule has 3 heteroatoms. The Morgan fingerprint density at radius 3 is 2.61 bits per heavy atom. The fourth-order valence-corrected chi connectivity index (χ4v) is 2.77. The molecule has 0 aromatic heterocycles. The molecule has 1 aromatic carbocycles. The zero-order valence-corrected chi connectivity index (χ0v) is 10.2. The molecule has 18 heavy (non-hydrogen) atoms. The van der Waals surface area contributed by atoms with Gasteiger partial charge >= 0.3 is 0 Å². The third-order valence-electron chi connectivity index (χ3n) is 4.01. The van der Waals surface area contributed by atoms with Gasteiger partial charge in [0.05, 0.1) is 11.6 Å². The van der Waals surface area contributed by atoms with Crippen molar-refractivity contribution in [2.75, 3.05) is 0 Å². The molecule has 3 nitrogen and oxygen atoms in total. The number of hydrogen-bond donors (Lipinski definition) is 1.